The van der Waals surface area contributed by atoms with Crippen molar-refractivity contribution in [2.75, 3.05) is 0 Å². The Morgan fingerprint density at radius 3 is 2.15 bits per heavy atom. The third-order valence-corrected chi connectivity index (χ3v) is 3.52. The van der Waals surface area contributed by atoms with E-state index in [1.54, 1.807) is 0 Å². The van der Waals surface area contributed by atoms with Crippen LogP contribution in [0, 0.1) is 0 Å². The molecule has 0 spiro atoms. The van der Waals surface area contributed by atoms with Crippen molar-refractivity contribution < 1.29 is 0 Å². The van der Waals surface area contributed by atoms with Gasteiger partial charge in [0, 0.05) is 0 Å². The Hall–Kier alpha value is -0.780. The zero-order valence-electron chi connectivity index (χ0n) is 8.64. The molecule has 1 aromatic rings. The minimum Gasteiger partial charge on any atom is -0.0613 e. The van der Waals surface area contributed by atoms with E-state index in [0.717, 1.165) is 6.42 Å². The molecule has 1 aromatic carbocycles. The lowest BCUT2D eigenvalue weighted by atomic mass is 9.66. The van der Waals surface area contributed by atoms with Crippen LogP contribution in [-0.2, 0) is 11.8 Å². The van der Waals surface area contributed by atoms with Gasteiger partial charge in [-0.05, 0) is 35.8 Å². The van der Waals surface area contributed by atoms with Crippen molar-refractivity contribution in [3.63, 3.8) is 0 Å². The van der Waals surface area contributed by atoms with Gasteiger partial charge in [-0.2, -0.15) is 0 Å². The first-order valence-electron chi connectivity index (χ1n) is 5.34. The van der Waals surface area contributed by atoms with Crippen LogP contribution >= 0.6 is 0 Å². The van der Waals surface area contributed by atoms with Crippen molar-refractivity contribution in [2.45, 2.75) is 44.9 Å². The highest BCUT2D eigenvalue weighted by Gasteiger charge is 2.33. The van der Waals surface area contributed by atoms with Gasteiger partial charge in [-0.1, -0.05) is 44.5 Å². The Bertz CT molecular complexity index is 277. The predicted molar refractivity (Wildman–Crippen MR) is 57.0 cm³/mol. The number of hydrogen-bond donors (Lipinski definition) is 0. The number of hydrogen-bond acceptors (Lipinski definition) is 0. The molecular formula is C13H18. The Labute approximate surface area is 81.0 Å². The molecule has 0 N–H and O–H groups in total. The van der Waals surface area contributed by atoms with E-state index in [1.807, 2.05) is 0 Å². The number of aryl methyl sites for hydroxylation is 1. The van der Waals surface area contributed by atoms with Gasteiger partial charge in [0.25, 0.3) is 0 Å². The summed E-state index contributed by atoms with van der Waals surface area (Å²) in [5, 5.41) is 0. The normalized spacial score (nSPS) is 19.5. The Morgan fingerprint density at radius 1 is 1.15 bits per heavy atom. The van der Waals surface area contributed by atoms with Crippen molar-refractivity contribution in [1.82, 2.24) is 0 Å². The fourth-order valence-corrected chi connectivity index (χ4v) is 2.14. The molecule has 13 heavy (non-hydrogen) atoms. The molecule has 0 aliphatic heterocycles. The molecule has 2 rings (SSSR count). The summed E-state index contributed by atoms with van der Waals surface area (Å²) in [6.07, 6.45) is 5.31. The Kier molecular flexibility index (Phi) is 2.15. The van der Waals surface area contributed by atoms with Crippen LogP contribution in [0.3, 0.4) is 0 Å². The molecule has 0 aromatic heterocycles. The highest BCUT2D eigenvalue weighted by molar-refractivity contribution is 5.30. The van der Waals surface area contributed by atoms with E-state index >= 15 is 0 Å². The van der Waals surface area contributed by atoms with Crippen LogP contribution in [-0.4, -0.2) is 0 Å². The maximum absolute atomic E-state index is 2.39. The zero-order chi connectivity index (χ0) is 9.31. The fourth-order valence-electron chi connectivity index (χ4n) is 2.14. The predicted octanol–water partition coefficient (Wildman–Crippen LogP) is 3.69. The lowest BCUT2D eigenvalue weighted by molar-refractivity contribution is 0.272. The Balaban J connectivity index is 2.22. The highest BCUT2D eigenvalue weighted by Crippen LogP contribution is 2.42. The zero-order valence-corrected chi connectivity index (χ0v) is 8.64. The first-order valence-corrected chi connectivity index (χ1v) is 5.34. The summed E-state index contributed by atoms with van der Waals surface area (Å²) in [4.78, 5) is 0. The van der Waals surface area contributed by atoms with Gasteiger partial charge < -0.3 is 0 Å². The molecule has 0 heterocycles. The van der Waals surface area contributed by atoms with Gasteiger partial charge >= 0.3 is 0 Å². The molecule has 0 unspecified atom stereocenters. The summed E-state index contributed by atoms with van der Waals surface area (Å²) in [6, 6.07) is 9.19. The maximum Gasteiger partial charge on any atom is -0.00752 e. The molecule has 0 heteroatoms. The topological polar surface area (TPSA) is 0 Å². The van der Waals surface area contributed by atoms with Gasteiger partial charge in [-0.3, -0.25) is 0 Å². The molecule has 70 valence electrons. The van der Waals surface area contributed by atoms with Gasteiger partial charge in [0.1, 0.15) is 0 Å². The lowest BCUT2D eigenvalue weighted by Crippen LogP contribution is -2.30. The van der Waals surface area contributed by atoms with Crippen LogP contribution in [0.25, 0.3) is 0 Å². The minimum atomic E-state index is 0.506. The van der Waals surface area contributed by atoms with Crippen LogP contribution in [0.15, 0.2) is 24.3 Å². The summed E-state index contributed by atoms with van der Waals surface area (Å²) in [7, 11) is 0. The summed E-state index contributed by atoms with van der Waals surface area (Å²) in [5.74, 6) is 0. The lowest BCUT2D eigenvalue weighted by Gasteiger charge is -2.39. The van der Waals surface area contributed by atoms with E-state index < -0.39 is 0 Å². The molecule has 0 nitrogen and oxygen atoms in total. The SMILES string of the molecule is CCc1ccc(C2(C)CCC2)cc1. The van der Waals surface area contributed by atoms with Crippen molar-refractivity contribution in [2.24, 2.45) is 0 Å². The van der Waals surface area contributed by atoms with Crippen LogP contribution in [0.5, 0.6) is 0 Å². The van der Waals surface area contributed by atoms with Gasteiger partial charge in [0.15, 0.2) is 0 Å². The molecule has 1 aliphatic rings. The molecule has 1 aliphatic carbocycles. The van der Waals surface area contributed by atoms with Crippen LogP contribution < -0.4 is 0 Å². The van der Waals surface area contributed by atoms with E-state index in [1.165, 1.54) is 30.4 Å². The van der Waals surface area contributed by atoms with Crippen LogP contribution in [0.4, 0.5) is 0 Å². The second-order valence-corrected chi connectivity index (χ2v) is 4.46. The first-order chi connectivity index (χ1) is 6.24. The summed E-state index contributed by atoms with van der Waals surface area (Å²) >= 11 is 0. The van der Waals surface area contributed by atoms with Crippen molar-refractivity contribution in [1.29, 1.82) is 0 Å². The average molecular weight is 174 g/mol. The molecule has 0 bridgehead atoms. The van der Waals surface area contributed by atoms with Crippen molar-refractivity contribution in [3.05, 3.63) is 35.4 Å². The minimum absolute atomic E-state index is 0.506. The van der Waals surface area contributed by atoms with E-state index in [2.05, 4.69) is 38.1 Å². The third-order valence-electron chi connectivity index (χ3n) is 3.52. The van der Waals surface area contributed by atoms with Gasteiger partial charge in [-0.25, -0.2) is 0 Å². The first kappa shape index (κ1) is 8.80. The summed E-state index contributed by atoms with van der Waals surface area (Å²) in [5.41, 5.74) is 3.49. The number of benzene rings is 1. The van der Waals surface area contributed by atoms with E-state index in [4.69, 9.17) is 0 Å². The fraction of sp³-hybridized carbons (Fsp3) is 0.538. The maximum atomic E-state index is 2.39. The highest BCUT2D eigenvalue weighted by atomic mass is 14.4. The average Bonchev–Trinajstić information content (AvgIpc) is 2.14. The van der Waals surface area contributed by atoms with E-state index in [-0.39, 0.29) is 0 Å². The third kappa shape index (κ3) is 1.50. The van der Waals surface area contributed by atoms with Gasteiger partial charge in [0.2, 0.25) is 0 Å². The van der Waals surface area contributed by atoms with Crippen molar-refractivity contribution in [3.8, 4) is 0 Å². The standard InChI is InChI=1S/C13H18/c1-3-11-5-7-12(8-6-11)13(2)9-4-10-13/h5-8H,3-4,9-10H2,1-2H3. The van der Waals surface area contributed by atoms with Crippen molar-refractivity contribution >= 4 is 0 Å². The molecule has 1 saturated carbocycles. The molecule has 1 fully saturated rings. The summed E-state index contributed by atoms with van der Waals surface area (Å²) in [6.45, 7) is 4.59. The largest absolute Gasteiger partial charge is 0.0613 e. The van der Waals surface area contributed by atoms with Gasteiger partial charge in [0.05, 0.1) is 0 Å². The van der Waals surface area contributed by atoms with Crippen LogP contribution in [0.2, 0.25) is 0 Å². The molecule has 0 amide bonds. The quantitative estimate of drug-likeness (QED) is 0.641. The molecule has 0 radical (unpaired) electrons. The van der Waals surface area contributed by atoms with Gasteiger partial charge in [-0.15, -0.1) is 0 Å². The Morgan fingerprint density at radius 2 is 1.77 bits per heavy atom. The monoisotopic (exact) mass is 174 g/mol. The second kappa shape index (κ2) is 3.17. The number of rotatable bonds is 2. The summed E-state index contributed by atoms with van der Waals surface area (Å²) < 4.78 is 0. The van der Waals surface area contributed by atoms with E-state index in [0.29, 0.717) is 5.41 Å². The molecular weight excluding hydrogens is 156 g/mol. The molecule has 0 saturated heterocycles. The smallest absolute Gasteiger partial charge is 0.00752 e. The van der Waals surface area contributed by atoms with Crippen LogP contribution in [0.1, 0.15) is 44.2 Å². The van der Waals surface area contributed by atoms with E-state index in [9.17, 15) is 0 Å². The molecule has 0 atom stereocenters. The second-order valence-electron chi connectivity index (χ2n) is 4.46.